The summed E-state index contributed by atoms with van der Waals surface area (Å²) in [7, 11) is 7.79. The van der Waals surface area contributed by atoms with Gasteiger partial charge in [-0.25, -0.2) is 0 Å². The van der Waals surface area contributed by atoms with Crippen LogP contribution in [0.5, 0.6) is 23.0 Å². The third-order valence-electron chi connectivity index (χ3n) is 4.67. The van der Waals surface area contributed by atoms with Crippen LogP contribution in [0.25, 0.3) is 10.6 Å². The first-order valence-corrected chi connectivity index (χ1v) is 10.5. The van der Waals surface area contributed by atoms with Crippen LogP contribution in [-0.4, -0.2) is 64.8 Å². The van der Waals surface area contributed by atoms with Crippen molar-refractivity contribution in [2.45, 2.75) is 0 Å². The maximum Gasteiger partial charge on any atom is 0.260 e. The van der Waals surface area contributed by atoms with Crippen molar-refractivity contribution in [1.82, 2.24) is 10.2 Å². The molecular weight excluding hydrogens is 434 g/mol. The fourth-order valence-corrected chi connectivity index (χ4v) is 3.87. The number of carbonyl (C=O) groups excluding carboxylic acids is 1. The lowest BCUT2D eigenvalue weighted by Crippen LogP contribution is -2.34. The van der Waals surface area contributed by atoms with Gasteiger partial charge in [-0.1, -0.05) is 11.3 Å². The zero-order valence-electron chi connectivity index (χ0n) is 18.6. The van der Waals surface area contributed by atoms with Gasteiger partial charge in [0, 0.05) is 18.2 Å². The van der Waals surface area contributed by atoms with Gasteiger partial charge in [0.05, 0.1) is 41.6 Å². The normalized spacial score (nSPS) is 10.5. The van der Waals surface area contributed by atoms with Crippen molar-refractivity contribution in [3.8, 4) is 33.6 Å². The molecule has 9 nitrogen and oxygen atoms in total. The molecule has 170 valence electrons. The Morgan fingerprint density at radius 1 is 0.844 bits per heavy atom. The molecule has 0 aliphatic heterocycles. The largest absolute Gasteiger partial charge is 0.493 e. The van der Waals surface area contributed by atoms with Gasteiger partial charge in [0.1, 0.15) is 5.01 Å². The molecule has 0 spiro atoms. The molecule has 0 atom stereocenters. The second-order valence-corrected chi connectivity index (χ2v) is 7.43. The molecule has 0 saturated heterocycles. The van der Waals surface area contributed by atoms with Crippen LogP contribution in [0.1, 0.15) is 10.4 Å². The van der Waals surface area contributed by atoms with Gasteiger partial charge in [0.15, 0.2) is 23.0 Å². The van der Waals surface area contributed by atoms with Crippen molar-refractivity contribution < 1.29 is 28.5 Å². The van der Waals surface area contributed by atoms with E-state index in [4.69, 9.17) is 23.7 Å². The highest BCUT2D eigenvalue weighted by Crippen LogP contribution is 2.36. The molecular formula is C22H25N3O6S. The van der Waals surface area contributed by atoms with Crippen molar-refractivity contribution in [3.63, 3.8) is 0 Å². The third kappa shape index (κ3) is 4.92. The molecule has 32 heavy (non-hydrogen) atoms. The van der Waals surface area contributed by atoms with E-state index in [9.17, 15) is 4.79 Å². The quantitative estimate of drug-likeness (QED) is 0.455. The number of amides is 1. The average Bonchev–Trinajstić information content (AvgIpc) is 3.33. The first-order valence-electron chi connectivity index (χ1n) is 9.65. The van der Waals surface area contributed by atoms with Gasteiger partial charge in [0.2, 0.25) is 5.13 Å². The number of hydrogen-bond acceptors (Lipinski definition) is 9. The van der Waals surface area contributed by atoms with E-state index in [2.05, 4.69) is 10.2 Å². The molecule has 1 heterocycles. The molecule has 0 saturated carbocycles. The minimum absolute atomic E-state index is 0.252. The van der Waals surface area contributed by atoms with Crippen LogP contribution in [0.3, 0.4) is 0 Å². The van der Waals surface area contributed by atoms with Crippen molar-refractivity contribution in [2.75, 3.05) is 53.6 Å². The Bertz CT molecular complexity index is 1070. The summed E-state index contributed by atoms with van der Waals surface area (Å²) in [5.74, 6) is 1.95. The summed E-state index contributed by atoms with van der Waals surface area (Å²) < 4.78 is 26.4. The molecule has 0 aliphatic carbocycles. The number of ether oxygens (including phenoxy) is 5. The Hall–Kier alpha value is -3.37. The molecule has 0 fully saturated rings. The standard InChI is InChI=1S/C22H25N3O6S/c1-27-11-10-25(21(26)15-7-9-17(29-3)19(13-15)31-5)22-24-23-20(32-22)14-6-8-16(28-2)18(12-14)30-4/h6-9,12-13H,10-11H2,1-5H3. The Morgan fingerprint density at radius 2 is 1.47 bits per heavy atom. The highest BCUT2D eigenvalue weighted by atomic mass is 32.1. The monoisotopic (exact) mass is 459 g/mol. The molecule has 0 radical (unpaired) electrons. The fraction of sp³-hybridized carbons (Fsp3) is 0.318. The van der Waals surface area contributed by atoms with Crippen LogP contribution in [0.4, 0.5) is 5.13 Å². The van der Waals surface area contributed by atoms with E-state index in [0.29, 0.717) is 51.9 Å². The molecule has 0 N–H and O–H groups in total. The van der Waals surface area contributed by atoms with Gasteiger partial charge in [-0.05, 0) is 36.4 Å². The maximum absolute atomic E-state index is 13.3. The lowest BCUT2D eigenvalue weighted by atomic mass is 10.1. The summed E-state index contributed by atoms with van der Waals surface area (Å²) in [6.45, 7) is 0.647. The van der Waals surface area contributed by atoms with E-state index in [0.717, 1.165) is 5.56 Å². The van der Waals surface area contributed by atoms with Crippen molar-refractivity contribution in [1.29, 1.82) is 0 Å². The number of benzene rings is 2. The van der Waals surface area contributed by atoms with Crippen molar-refractivity contribution in [2.24, 2.45) is 0 Å². The van der Waals surface area contributed by atoms with E-state index in [1.54, 1.807) is 52.7 Å². The summed E-state index contributed by atoms with van der Waals surface area (Å²) in [5.41, 5.74) is 1.23. The summed E-state index contributed by atoms with van der Waals surface area (Å²) in [5, 5.41) is 9.63. The molecule has 0 unspecified atom stereocenters. The van der Waals surface area contributed by atoms with Crippen LogP contribution in [-0.2, 0) is 4.74 Å². The summed E-state index contributed by atoms with van der Waals surface area (Å²) >= 11 is 1.29. The van der Waals surface area contributed by atoms with E-state index < -0.39 is 0 Å². The third-order valence-corrected chi connectivity index (χ3v) is 5.67. The second-order valence-electron chi connectivity index (χ2n) is 6.48. The summed E-state index contributed by atoms with van der Waals surface area (Å²) in [4.78, 5) is 14.9. The topological polar surface area (TPSA) is 92.2 Å². The SMILES string of the molecule is COCCN(C(=O)c1ccc(OC)c(OC)c1)c1nnc(-c2ccc(OC)c(OC)c2)s1. The zero-order valence-corrected chi connectivity index (χ0v) is 19.4. The van der Waals surface area contributed by atoms with Gasteiger partial charge in [-0.15, -0.1) is 10.2 Å². The summed E-state index contributed by atoms with van der Waals surface area (Å²) in [6, 6.07) is 10.5. The molecule has 3 rings (SSSR count). The van der Waals surface area contributed by atoms with Crippen LogP contribution < -0.4 is 23.8 Å². The number of rotatable bonds is 10. The van der Waals surface area contributed by atoms with Crippen molar-refractivity contribution in [3.05, 3.63) is 42.0 Å². The molecule has 3 aromatic rings. The van der Waals surface area contributed by atoms with Crippen LogP contribution in [0, 0.1) is 0 Å². The highest BCUT2D eigenvalue weighted by molar-refractivity contribution is 7.18. The van der Waals surface area contributed by atoms with Gasteiger partial charge >= 0.3 is 0 Å². The highest BCUT2D eigenvalue weighted by Gasteiger charge is 2.23. The molecule has 1 aromatic heterocycles. The minimum Gasteiger partial charge on any atom is -0.493 e. The van der Waals surface area contributed by atoms with Crippen LogP contribution in [0.2, 0.25) is 0 Å². The van der Waals surface area contributed by atoms with Crippen molar-refractivity contribution >= 4 is 22.4 Å². The smallest absolute Gasteiger partial charge is 0.260 e. The predicted molar refractivity (Wildman–Crippen MR) is 122 cm³/mol. The first-order chi connectivity index (χ1) is 15.6. The Labute approximate surface area is 190 Å². The van der Waals surface area contributed by atoms with Gasteiger partial charge < -0.3 is 23.7 Å². The van der Waals surface area contributed by atoms with Crippen LogP contribution >= 0.6 is 11.3 Å². The lowest BCUT2D eigenvalue weighted by Gasteiger charge is -2.19. The van der Waals surface area contributed by atoms with Gasteiger partial charge in [-0.2, -0.15) is 0 Å². The average molecular weight is 460 g/mol. The number of methoxy groups -OCH3 is 5. The van der Waals surface area contributed by atoms with E-state index >= 15 is 0 Å². The Morgan fingerprint density at radius 3 is 2.09 bits per heavy atom. The number of nitrogens with zero attached hydrogens (tertiary/aromatic N) is 3. The Kier molecular flexibility index (Phi) is 7.85. The zero-order chi connectivity index (χ0) is 23.1. The van der Waals surface area contributed by atoms with E-state index in [1.165, 1.54) is 23.3 Å². The second kappa shape index (κ2) is 10.8. The number of hydrogen-bond donors (Lipinski definition) is 0. The maximum atomic E-state index is 13.3. The van der Waals surface area contributed by atoms with E-state index in [-0.39, 0.29) is 5.91 Å². The van der Waals surface area contributed by atoms with Crippen LogP contribution in [0.15, 0.2) is 36.4 Å². The number of carbonyl (C=O) groups is 1. The predicted octanol–water partition coefficient (Wildman–Crippen LogP) is 3.53. The molecule has 10 heteroatoms. The lowest BCUT2D eigenvalue weighted by molar-refractivity contribution is 0.0975. The summed E-state index contributed by atoms with van der Waals surface area (Å²) in [6.07, 6.45) is 0. The first kappa shape index (κ1) is 23.3. The molecule has 2 aromatic carbocycles. The van der Waals surface area contributed by atoms with Gasteiger partial charge in [-0.3, -0.25) is 9.69 Å². The minimum atomic E-state index is -0.252. The van der Waals surface area contributed by atoms with Gasteiger partial charge in [0.25, 0.3) is 5.91 Å². The Balaban J connectivity index is 1.94. The fourth-order valence-electron chi connectivity index (χ4n) is 3.00. The van der Waals surface area contributed by atoms with E-state index in [1.807, 2.05) is 12.1 Å². The number of anilines is 1. The molecule has 1 amide bonds. The molecule has 0 aliphatic rings. The number of aromatic nitrogens is 2. The molecule has 0 bridgehead atoms.